The summed E-state index contributed by atoms with van der Waals surface area (Å²) in [5.41, 5.74) is 1.62. The van der Waals surface area contributed by atoms with Gasteiger partial charge in [-0.2, -0.15) is 0 Å². The SMILES string of the molecule is CC(C)c1ccc(OCC2c3ccsc3CCN2C(=O)CN(C(=O)c2ccccc2F)C(C)(C)C)cc1. The molecule has 0 fully saturated rings. The first-order valence-electron chi connectivity index (χ1n) is 12.7. The monoisotopic (exact) mass is 522 g/mol. The molecule has 3 aromatic rings. The Balaban J connectivity index is 1.55. The lowest BCUT2D eigenvalue weighted by atomic mass is 9.99. The molecule has 4 rings (SSSR count). The van der Waals surface area contributed by atoms with E-state index in [1.807, 2.05) is 43.2 Å². The van der Waals surface area contributed by atoms with Gasteiger partial charge in [0.05, 0.1) is 11.6 Å². The smallest absolute Gasteiger partial charge is 0.257 e. The number of rotatable bonds is 7. The fraction of sp³-hybridized carbons (Fsp3) is 0.400. The number of fused-ring (bicyclic) bond motifs is 1. The lowest BCUT2D eigenvalue weighted by Crippen LogP contribution is -2.53. The number of thiophene rings is 1. The number of hydrogen-bond acceptors (Lipinski definition) is 4. The first-order chi connectivity index (χ1) is 17.6. The average Bonchev–Trinajstić information content (AvgIpc) is 3.34. The van der Waals surface area contributed by atoms with Crippen molar-refractivity contribution in [3.63, 3.8) is 0 Å². The third-order valence-corrected chi connectivity index (χ3v) is 7.82. The van der Waals surface area contributed by atoms with Gasteiger partial charge in [-0.3, -0.25) is 9.59 Å². The zero-order valence-corrected chi connectivity index (χ0v) is 23.0. The van der Waals surface area contributed by atoms with E-state index in [9.17, 15) is 14.0 Å². The zero-order valence-electron chi connectivity index (χ0n) is 22.2. The van der Waals surface area contributed by atoms with E-state index >= 15 is 0 Å². The molecule has 5 nitrogen and oxygen atoms in total. The molecule has 1 unspecified atom stereocenters. The average molecular weight is 523 g/mol. The van der Waals surface area contributed by atoms with Crippen molar-refractivity contribution in [2.45, 2.75) is 58.5 Å². The third-order valence-electron chi connectivity index (χ3n) is 6.82. The van der Waals surface area contributed by atoms with Crippen LogP contribution in [-0.2, 0) is 11.2 Å². The molecule has 1 aromatic heterocycles. The van der Waals surface area contributed by atoms with Crippen LogP contribution in [0, 0.1) is 5.82 Å². The molecule has 1 aliphatic rings. The Morgan fingerprint density at radius 3 is 2.46 bits per heavy atom. The molecule has 0 aliphatic carbocycles. The fourth-order valence-corrected chi connectivity index (χ4v) is 5.55. The molecular formula is C30H35FN2O3S. The zero-order chi connectivity index (χ0) is 26.7. The van der Waals surface area contributed by atoms with Crippen LogP contribution in [0.1, 0.15) is 72.9 Å². The Morgan fingerprint density at radius 1 is 1.11 bits per heavy atom. The van der Waals surface area contributed by atoms with Gasteiger partial charge in [0, 0.05) is 17.0 Å². The second kappa shape index (κ2) is 11.1. The first-order valence-corrected chi connectivity index (χ1v) is 13.6. The van der Waals surface area contributed by atoms with E-state index in [1.54, 1.807) is 23.5 Å². The van der Waals surface area contributed by atoms with E-state index in [-0.39, 0.29) is 24.1 Å². The van der Waals surface area contributed by atoms with Gasteiger partial charge in [-0.15, -0.1) is 11.3 Å². The number of halogens is 1. The Labute approximate surface area is 222 Å². The Hall–Kier alpha value is -3.19. The van der Waals surface area contributed by atoms with Gasteiger partial charge >= 0.3 is 0 Å². The highest BCUT2D eigenvalue weighted by molar-refractivity contribution is 7.10. The molecule has 0 bridgehead atoms. The molecule has 37 heavy (non-hydrogen) atoms. The minimum Gasteiger partial charge on any atom is -0.491 e. The van der Waals surface area contributed by atoms with E-state index in [4.69, 9.17) is 4.74 Å². The number of hydrogen-bond donors (Lipinski definition) is 0. The summed E-state index contributed by atoms with van der Waals surface area (Å²) in [6, 6.07) is 15.7. The molecule has 1 aliphatic heterocycles. The third kappa shape index (κ3) is 6.04. The normalized spacial score (nSPS) is 15.4. The minimum absolute atomic E-state index is 0.0336. The number of carbonyl (C=O) groups is 2. The molecule has 2 heterocycles. The van der Waals surface area contributed by atoms with Gasteiger partial charge in [-0.1, -0.05) is 38.1 Å². The summed E-state index contributed by atoms with van der Waals surface area (Å²) in [4.78, 5) is 31.6. The molecule has 0 saturated carbocycles. The highest BCUT2D eigenvalue weighted by atomic mass is 32.1. The Bertz CT molecular complexity index is 1250. The Morgan fingerprint density at radius 2 is 1.81 bits per heavy atom. The second-order valence-electron chi connectivity index (χ2n) is 10.7. The van der Waals surface area contributed by atoms with Crippen molar-refractivity contribution in [3.05, 3.63) is 87.4 Å². The standard InChI is InChI=1S/C30H35FN2O3S/c1-20(2)21-10-12-22(13-11-21)36-19-26-24-15-17-37-27(24)14-16-32(26)28(34)18-33(30(3,4)5)29(35)23-8-6-7-9-25(23)31/h6-13,15,17,20,26H,14,16,18-19H2,1-5H3. The van der Waals surface area contributed by atoms with Crippen LogP contribution < -0.4 is 4.74 Å². The molecular weight excluding hydrogens is 487 g/mol. The largest absolute Gasteiger partial charge is 0.491 e. The van der Waals surface area contributed by atoms with Crippen LogP contribution >= 0.6 is 11.3 Å². The van der Waals surface area contributed by atoms with Crippen molar-refractivity contribution in [2.75, 3.05) is 19.7 Å². The summed E-state index contributed by atoms with van der Waals surface area (Å²) in [6.45, 7) is 10.6. The number of ether oxygens (including phenoxy) is 1. The van der Waals surface area contributed by atoms with Crippen molar-refractivity contribution in [1.82, 2.24) is 9.80 Å². The quantitative estimate of drug-likeness (QED) is 0.358. The van der Waals surface area contributed by atoms with E-state index in [0.717, 1.165) is 17.7 Å². The second-order valence-corrected chi connectivity index (χ2v) is 11.7. The van der Waals surface area contributed by atoms with E-state index in [1.165, 1.54) is 27.5 Å². The summed E-state index contributed by atoms with van der Waals surface area (Å²) in [5.74, 6) is -0.0767. The van der Waals surface area contributed by atoms with Crippen LogP contribution in [0.15, 0.2) is 60.0 Å². The summed E-state index contributed by atoms with van der Waals surface area (Å²) < 4.78 is 20.6. The van der Waals surface area contributed by atoms with Gasteiger partial charge in [0.2, 0.25) is 5.91 Å². The number of carbonyl (C=O) groups excluding carboxylic acids is 2. The van der Waals surface area contributed by atoms with E-state index < -0.39 is 17.3 Å². The highest BCUT2D eigenvalue weighted by Gasteiger charge is 2.36. The molecule has 2 amide bonds. The van der Waals surface area contributed by atoms with Crippen LogP contribution in [0.5, 0.6) is 5.75 Å². The minimum atomic E-state index is -0.678. The summed E-state index contributed by atoms with van der Waals surface area (Å²) in [5, 5.41) is 2.05. The van der Waals surface area contributed by atoms with Gasteiger partial charge in [-0.25, -0.2) is 4.39 Å². The maximum Gasteiger partial charge on any atom is 0.257 e. The molecule has 0 N–H and O–H groups in total. The number of nitrogens with zero attached hydrogens (tertiary/aromatic N) is 2. The van der Waals surface area contributed by atoms with Gasteiger partial charge in [-0.05, 0) is 79.9 Å². The van der Waals surface area contributed by atoms with Crippen LogP contribution in [0.3, 0.4) is 0 Å². The van der Waals surface area contributed by atoms with Crippen LogP contribution in [0.25, 0.3) is 0 Å². The molecule has 196 valence electrons. The number of amides is 2. The van der Waals surface area contributed by atoms with Crippen molar-refractivity contribution in [3.8, 4) is 5.75 Å². The van der Waals surface area contributed by atoms with Crippen LogP contribution in [0.4, 0.5) is 4.39 Å². The molecule has 7 heteroatoms. The molecule has 1 atom stereocenters. The summed E-state index contributed by atoms with van der Waals surface area (Å²) in [7, 11) is 0. The molecule has 0 spiro atoms. The number of benzene rings is 2. The van der Waals surface area contributed by atoms with Crippen molar-refractivity contribution in [1.29, 1.82) is 0 Å². The van der Waals surface area contributed by atoms with E-state index in [0.29, 0.717) is 19.1 Å². The van der Waals surface area contributed by atoms with Crippen molar-refractivity contribution >= 4 is 23.2 Å². The highest BCUT2D eigenvalue weighted by Crippen LogP contribution is 2.34. The molecule has 0 saturated heterocycles. The first kappa shape index (κ1) is 26.9. The fourth-order valence-electron chi connectivity index (χ4n) is 4.62. The lowest BCUT2D eigenvalue weighted by Gasteiger charge is -2.40. The van der Waals surface area contributed by atoms with Gasteiger partial charge in [0.25, 0.3) is 5.91 Å². The summed E-state index contributed by atoms with van der Waals surface area (Å²) >= 11 is 1.69. The van der Waals surface area contributed by atoms with Crippen LogP contribution in [-0.4, -0.2) is 46.8 Å². The van der Waals surface area contributed by atoms with Crippen molar-refractivity contribution < 1.29 is 18.7 Å². The molecule has 2 aromatic carbocycles. The maximum absolute atomic E-state index is 14.4. The summed E-state index contributed by atoms with van der Waals surface area (Å²) in [6.07, 6.45) is 0.759. The van der Waals surface area contributed by atoms with Crippen LogP contribution in [0.2, 0.25) is 0 Å². The van der Waals surface area contributed by atoms with Gasteiger partial charge in [0.1, 0.15) is 24.7 Å². The van der Waals surface area contributed by atoms with Gasteiger partial charge < -0.3 is 14.5 Å². The topological polar surface area (TPSA) is 49.9 Å². The predicted octanol–water partition coefficient (Wildman–Crippen LogP) is 6.46. The predicted molar refractivity (Wildman–Crippen MR) is 146 cm³/mol. The molecule has 0 radical (unpaired) electrons. The van der Waals surface area contributed by atoms with Gasteiger partial charge in [0.15, 0.2) is 0 Å². The van der Waals surface area contributed by atoms with Crippen molar-refractivity contribution in [2.24, 2.45) is 0 Å². The van der Waals surface area contributed by atoms with E-state index in [2.05, 4.69) is 32.0 Å². The lowest BCUT2D eigenvalue weighted by molar-refractivity contribution is -0.136. The Kier molecular flexibility index (Phi) is 8.02. The maximum atomic E-state index is 14.4.